The molecule has 3 rings (SSSR count). The second-order valence-electron chi connectivity index (χ2n) is 5.24. The van der Waals surface area contributed by atoms with E-state index >= 15 is 0 Å². The largest absolute Gasteiger partial charge is 0.493 e. The number of ether oxygens (including phenoxy) is 2. The molecule has 0 saturated heterocycles. The van der Waals surface area contributed by atoms with E-state index in [0.717, 1.165) is 0 Å². The number of rotatable bonds is 7. The lowest BCUT2D eigenvalue weighted by molar-refractivity contribution is -0.0512. The first kappa shape index (κ1) is 18.8. The highest BCUT2D eigenvalue weighted by Crippen LogP contribution is 2.32. The summed E-state index contributed by atoms with van der Waals surface area (Å²) in [5.41, 5.74) is 1.07. The third kappa shape index (κ3) is 4.62. The number of nitrogens with one attached hydrogen (secondary N) is 1. The first-order chi connectivity index (χ1) is 13.0. The van der Waals surface area contributed by atoms with Gasteiger partial charge in [-0.1, -0.05) is 16.8 Å². The van der Waals surface area contributed by atoms with Crippen LogP contribution in [0.2, 0.25) is 5.02 Å². The number of hydrogen-bond donors (Lipinski definition) is 1. The Morgan fingerprint density at radius 3 is 2.70 bits per heavy atom. The van der Waals surface area contributed by atoms with Crippen molar-refractivity contribution < 1.29 is 27.2 Å². The monoisotopic (exact) mass is 399 g/mol. The fourth-order valence-corrected chi connectivity index (χ4v) is 2.41. The van der Waals surface area contributed by atoms with Crippen molar-refractivity contribution in [3.63, 3.8) is 0 Å². The molecule has 0 unspecified atom stereocenters. The quantitative estimate of drug-likeness (QED) is 0.618. The van der Waals surface area contributed by atoms with Crippen LogP contribution < -0.4 is 14.8 Å². The minimum atomic E-state index is -2.97. The van der Waals surface area contributed by atoms with Crippen LogP contribution in [0, 0.1) is 5.82 Å². The maximum atomic E-state index is 13.2. The molecule has 0 spiro atoms. The SMILES string of the molecule is COc1cc(-c2noc(CNc3ccc(F)c(Cl)c3)n2)ccc1OC(F)F. The zero-order valence-corrected chi connectivity index (χ0v) is 14.6. The Labute approximate surface area is 156 Å². The zero-order valence-electron chi connectivity index (χ0n) is 13.9. The summed E-state index contributed by atoms with van der Waals surface area (Å²) in [7, 11) is 1.33. The Morgan fingerprint density at radius 2 is 2.00 bits per heavy atom. The van der Waals surface area contributed by atoms with Gasteiger partial charge >= 0.3 is 6.61 Å². The van der Waals surface area contributed by atoms with Crippen molar-refractivity contribution in [1.82, 2.24) is 10.1 Å². The number of benzene rings is 2. The van der Waals surface area contributed by atoms with Gasteiger partial charge in [-0.3, -0.25) is 0 Å². The molecule has 1 aromatic heterocycles. The molecule has 2 aromatic carbocycles. The number of alkyl halides is 2. The molecule has 1 N–H and O–H groups in total. The molecule has 10 heteroatoms. The van der Waals surface area contributed by atoms with Gasteiger partial charge < -0.3 is 19.3 Å². The highest BCUT2D eigenvalue weighted by atomic mass is 35.5. The average molecular weight is 400 g/mol. The lowest BCUT2D eigenvalue weighted by atomic mass is 10.2. The third-order valence-corrected chi connectivity index (χ3v) is 3.76. The van der Waals surface area contributed by atoms with E-state index < -0.39 is 12.4 Å². The molecule has 0 saturated carbocycles. The van der Waals surface area contributed by atoms with E-state index in [9.17, 15) is 13.2 Å². The van der Waals surface area contributed by atoms with Crippen LogP contribution in [0.5, 0.6) is 11.5 Å². The Hall–Kier alpha value is -2.94. The second kappa shape index (κ2) is 8.17. The molecule has 0 amide bonds. The highest BCUT2D eigenvalue weighted by molar-refractivity contribution is 6.31. The number of nitrogens with zero attached hydrogens (tertiary/aromatic N) is 2. The lowest BCUT2D eigenvalue weighted by Crippen LogP contribution is -2.03. The van der Waals surface area contributed by atoms with Crippen LogP contribution in [0.1, 0.15) is 5.89 Å². The van der Waals surface area contributed by atoms with Gasteiger partial charge in [0.25, 0.3) is 0 Å². The van der Waals surface area contributed by atoms with Gasteiger partial charge in [0.15, 0.2) is 11.5 Å². The van der Waals surface area contributed by atoms with Crippen LogP contribution in [0.25, 0.3) is 11.4 Å². The molecule has 27 heavy (non-hydrogen) atoms. The summed E-state index contributed by atoms with van der Waals surface area (Å²) in [4.78, 5) is 4.21. The van der Waals surface area contributed by atoms with E-state index in [1.54, 1.807) is 0 Å². The summed E-state index contributed by atoms with van der Waals surface area (Å²) in [6.07, 6.45) is 0. The van der Waals surface area contributed by atoms with Gasteiger partial charge in [-0.15, -0.1) is 0 Å². The molecule has 0 aliphatic heterocycles. The van der Waals surface area contributed by atoms with Gasteiger partial charge in [0.2, 0.25) is 11.7 Å². The predicted molar refractivity (Wildman–Crippen MR) is 91.7 cm³/mol. The van der Waals surface area contributed by atoms with Crippen molar-refractivity contribution in [3.05, 3.63) is 53.1 Å². The molecule has 0 radical (unpaired) electrons. The molecule has 0 atom stereocenters. The molecule has 0 fully saturated rings. The average Bonchev–Trinajstić information content (AvgIpc) is 3.11. The molecular formula is C17H13ClF3N3O3. The summed E-state index contributed by atoms with van der Waals surface area (Å²) in [6, 6.07) is 8.47. The lowest BCUT2D eigenvalue weighted by Gasteiger charge is -2.10. The standard InChI is InChI=1S/C17H13ClF3N3O3/c1-25-14-6-9(2-5-13(14)26-17(20)21)16-23-15(27-24-16)8-22-10-3-4-12(19)11(18)7-10/h2-7,17,22H,8H2,1H3. The van der Waals surface area contributed by atoms with E-state index in [-0.39, 0.29) is 34.8 Å². The van der Waals surface area contributed by atoms with Gasteiger partial charge in [-0.2, -0.15) is 13.8 Å². The van der Waals surface area contributed by atoms with Crippen molar-refractivity contribution in [2.75, 3.05) is 12.4 Å². The van der Waals surface area contributed by atoms with Gasteiger partial charge in [0.1, 0.15) is 5.82 Å². The van der Waals surface area contributed by atoms with E-state index in [0.29, 0.717) is 11.3 Å². The summed E-state index contributed by atoms with van der Waals surface area (Å²) in [5, 5.41) is 6.80. The van der Waals surface area contributed by atoms with Crippen molar-refractivity contribution >= 4 is 17.3 Å². The van der Waals surface area contributed by atoms with Crippen LogP contribution in [0.3, 0.4) is 0 Å². The summed E-state index contributed by atoms with van der Waals surface area (Å²) < 4.78 is 52.5. The number of halogens is 4. The number of anilines is 1. The Kier molecular flexibility index (Phi) is 5.70. The number of aromatic nitrogens is 2. The maximum Gasteiger partial charge on any atom is 0.387 e. The Balaban J connectivity index is 1.72. The van der Waals surface area contributed by atoms with Crippen molar-refractivity contribution in [3.8, 4) is 22.9 Å². The van der Waals surface area contributed by atoms with Crippen LogP contribution in [0.15, 0.2) is 40.9 Å². The molecule has 1 heterocycles. The van der Waals surface area contributed by atoms with E-state index in [1.165, 1.54) is 43.5 Å². The summed E-state index contributed by atoms with van der Waals surface area (Å²) in [5.74, 6) is -0.00767. The van der Waals surface area contributed by atoms with E-state index in [2.05, 4.69) is 20.2 Å². The van der Waals surface area contributed by atoms with Crippen LogP contribution in [-0.2, 0) is 6.54 Å². The molecule has 0 aliphatic rings. The fraction of sp³-hybridized carbons (Fsp3) is 0.176. The van der Waals surface area contributed by atoms with Crippen LogP contribution in [-0.4, -0.2) is 23.9 Å². The summed E-state index contributed by atoms with van der Waals surface area (Å²) in [6.45, 7) is -2.79. The van der Waals surface area contributed by atoms with Gasteiger partial charge in [0.05, 0.1) is 18.7 Å². The molecular weight excluding hydrogens is 387 g/mol. The molecule has 6 nitrogen and oxygen atoms in total. The van der Waals surface area contributed by atoms with Crippen LogP contribution in [0.4, 0.5) is 18.9 Å². The number of hydrogen-bond acceptors (Lipinski definition) is 6. The minimum Gasteiger partial charge on any atom is -0.493 e. The maximum absolute atomic E-state index is 13.2. The van der Waals surface area contributed by atoms with Gasteiger partial charge in [-0.05, 0) is 36.4 Å². The molecule has 142 valence electrons. The zero-order chi connectivity index (χ0) is 19.4. The van der Waals surface area contributed by atoms with Crippen LogP contribution >= 0.6 is 11.6 Å². The molecule has 0 aliphatic carbocycles. The first-order valence-electron chi connectivity index (χ1n) is 7.61. The Morgan fingerprint density at radius 1 is 1.19 bits per heavy atom. The van der Waals surface area contributed by atoms with Crippen molar-refractivity contribution in [1.29, 1.82) is 0 Å². The topological polar surface area (TPSA) is 69.4 Å². The van der Waals surface area contributed by atoms with E-state index in [1.807, 2.05) is 0 Å². The predicted octanol–water partition coefficient (Wildman–Crippen LogP) is 4.75. The highest BCUT2D eigenvalue weighted by Gasteiger charge is 2.15. The smallest absolute Gasteiger partial charge is 0.387 e. The van der Waals surface area contributed by atoms with Crippen molar-refractivity contribution in [2.24, 2.45) is 0 Å². The Bertz CT molecular complexity index is 937. The van der Waals surface area contributed by atoms with Crippen molar-refractivity contribution in [2.45, 2.75) is 13.2 Å². The summed E-state index contributed by atoms with van der Waals surface area (Å²) >= 11 is 5.72. The van der Waals surface area contributed by atoms with E-state index in [4.69, 9.17) is 20.9 Å². The van der Waals surface area contributed by atoms with Gasteiger partial charge in [0, 0.05) is 11.3 Å². The molecule has 3 aromatic rings. The normalized spacial score (nSPS) is 10.9. The number of methoxy groups -OCH3 is 1. The minimum absolute atomic E-state index is 0.00980. The fourth-order valence-electron chi connectivity index (χ4n) is 2.23. The third-order valence-electron chi connectivity index (χ3n) is 3.47. The molecule has 0 bridgehead atoms. The second-order valence-corrected chi connectivity index (χ2v) is 5.65. The first-order valence-corrected chi connectivity index (χ1v) is 7.99. The van der Waals surface area contributed by atoms with Gasteiger partial charge in [-0.25, -0.2) is 4.39 Å².